The van der Waals surface area contributed by atoms with E-state index in [1.54, 1.807) is 33.6 Å². The number of hydrogen-bond donors (Lipinski definition) is 1. The summed E-state index contributed by atoms with van der Waals surface area (Å²) in [5.41, 5.74) is 6.74. The molecule has 3 rings (SSSR count). The summed E-state index contributed by atoms with van der Waals surface area (Å²) in [7, 11) is 4.89. The Labute approximate surface area is 165 Å². The number of methoxy groups -OCH3 is 1. The molecule has 7 nitrogen and oxygen atoms in total. The molecule has 1 aromatic carbocycles. The van der Waals surface area contributed by atoms with E-state index >= 15 is 0 Å². The molecule has 0 bridgehead atoms. The number of nitrogens with one attached hydrogen (secondary N) is 1. The number of halogens is 1. The molecule has 0 saturated carbocycles. The molecule has 0 atom stereocenters. The summed E-state index contributed by atoms with van der Waals surface area (Å²) < 4.78 is 10.9. The van der Waals surface area contributed by atoms with Gasteiger partial charge in [0.05, 0.1) is 12.8 Å². The number of hydrazine groups is 1. The highest BCUT2D eigenvalue weighted by atomic mass is 35.5. The molecule has 0 unspecified atom stereocenters. The van der Waals surface area contributed by atoms with Gasteiger partial charge in [-0.2, -0.15) is 0 Å². The Balaban J connectivity index is 0.00000261. The normalized spacial score (nSPS) is 13.6. The van der Waals surface area contributed by atoms with Gasteiger partial charge in [0.25, 0.3) is 0 Å². The predicted octanol–water partition coefficient (Wildman–Crippen LogP) is 3.35. The van der Waals surface area contributed by atoms with Gasteiger partial charge in [-0.05, 0) is 48.2 Å². The minimum Gasteiger partial charge on any atom is -0.493 e. The van der Waals surface area contributed by atoms with E-state index in [0.717, 1.165) is 30.6 Å². The van der Waals surface area contributed by atoms with Gasteiger partial charge in [0, 0.05) is 39.6 Å². The molecule has 1 N–H and O–H groups in total. The third-order valence-electron chi connectivity index (χ3n) is 4.25. The summed E-state index contributed by atoms with van der Waals surface area (Å²) in [6.45, 7) is 1.61. The molecule has 1 aliphatic rings. The van der Waals surface area contributed by atoms with Crippen LogP contribution in [-0.2, 0) is 13.0 Å². The predicted molar refractivity (Wildman–Crippen MR) is 107 cm³/mol. The minimum atomic E-state index is -0.427. The standard InChI is InChI=1S/C19H24N4O3.ClH/c1-22(2)19(24)26-18-12-15-13-23(21-16-6-8-20-9-7-16)10-4-5-14(15)11-17(18)25-3;/h6-9,11-12H,4-5,10,13H2,1-3H3,(H,20,21);1H. The lowest BCUT2D eigenvalue weighted by atomic mass is 10.0. The second kappa shape index (κ2) is 9.43. The lowest BCUT2D eigenvalue weighted by Crippen LogP contribution is -2.29. The SMILES string of the molecule is COc1cc2c(cc1OC(=O)N(C)C)CN(Nc1ccncc1)CCC2.Cl. The van der Waals surface area contributed by atoms with Crippen LogP contribution in [-0.4, -0.2) is 48.7 Å². The fraction of sp³-hybridized carbons (Fsp3) is 0.368. The number of anilines is 1. The molecular formula is C19H25ClN4O3. The van der Waals surface area contributed by atoms with Crippen LogP contribution in [0.25, 0.3) is 0 Å². The zero-order chi connectivity index (χ0) is 18.5. The van der Waals surface area contributed by atoms with Crippen molar-refractivity contribution in [3.63, 3.8) is 0 Å². The highest BCUT2D eigenvalue weighted by Crippen LogP contribution is 2.33. The monoisotopic (exact) mass is 392 g/mol. The van der Waals surface area contributed by atoms with Crippen LogP contribution in [0, 0.1) is 0 Å². The smallest absolute Gasteiger partial charge is 0.414 e. The molecule has 1 amide bonds. The van der Waals surface area contributed by atoms with Gasteiger partial charge in [0.2, 0.25) is 0 Å². The Morgan fingerprint density at radius 3 is 2.56 bits per heavy atom. The number of carbonyl (C=O) groups is 1. The second-order valence-electron chi connectivity index (χ2n) is 6.41. The van der Waals surface area contributed by atoms with Gasteiger partial charge in [-0.3, -0.25) is 4.98 Å². The number of nitrogens with zero attached hydrogens (tertiary/aromatic N) is 3. The first-order valence-electron chi connectivity index (χ1n) is 8.57. The van der Waals surface area contributed by atoms with Crippen molar-refractivity contribution in [2.45, 2.75) is 19.4 Å². The topological polar surface area (TPSA) is 66.9 Å². The molecule has 0 spiro atoms. The van der Waals surface area contributed by atoms with Crippen LogP contribution < -0.4 is 14.9 Å². The minimum absolute atomic E-state index is 0. The lowest BCUT2D eigenvalue weighted by molar-refractivity contribution is 0.170. The maximum Gasteiger partial charge on any atom is 0.414 e. The molecular weight excluding hydrogens is 368 g/mol. The van der Waals surface area contributed by atoms with E-state index in [9.17, 15) is 4.79 Å². The number of fused-ring (bicyclic) bond motifs is 1. The van der Waals surface area contributed by atoms with Gasteiger partial charge in [0.1, 0.15) is 0 Å². The van der Waals surface area contributed by atoms with Gasteiger partial charge in [-0.25, -0.2) is 9.80 Å². The molecule has 0 radical (unpaired) electrons. The first-order valence-corrected chi connectivity index (χ1v) is 8.57. The van der Waals surface area contributed by atoms with E-state index in [1.165, 1.54) is 10.5 Å². The number of pyridine rings is 1. The average Bonchev–Trinajstić information content (AvgIpc) is 2.82. The van der Waals surface area contributed by atoms with Crippen LogP contribution in [0.3, 0.4) is 0 Å². The molecule has 27 heavy (non-hydrogen) atoms. The summed E-state index contributed by atoms with van der Waals surface area (Å²) in [4.78, 5) is 17.4. The zero-order valence-corrected chi connectivity index (χ0v) is 16.6. The lowest BCUT2D eigenvalue weighted by Gasteiger charge is -2.23. The van der Waals surface area contributed by atoms with Crippen molar-refractivity contribution in [2.75, 3.05) is 33.2 Å². The molecule has 146 valence electrons. The van der Waals surface area contributed by atoms with Crippen LogP contribution >= 0.6 is 12.4 Å². The Bertz CT molecular complexity index is 771. The second-order valence-corrected chi connectivity index (χ2v) is 6.41. The first-order chi connectivity index (χ1) is 12.6. The van der Waals surface area contributed by atoms with Crippen LogP contribution in [0.15, 0.2) is 36.7 Å². The van der Waals surface area contributed by atoms with E-state index in [2.05, 4.69) is 15.4 Å². The van der Waals surface area contributed by atoms with Crippen molar-refractivity contribution in [3.05, 3.63) is 47.8 Å². The average molecular weight is 393 g/mol. The highest BCUT2D eigenvalue weighted by molar-refractivity contribution is 5.85. The Morgan fingerprint density at radius 2 is 1.89 bits per heavy atom. The van der Waals surface area contributed by atoms with E-state index in [4.69, 9.17) is 9.47 Å². The third-order valence-corrected chi connectivity index (χ3v) is 4.25. The Hall–Kier alpha value is -2.51. The largest absolute Gasteiger partial charge is 0.493 e. The number of carbonyl (C=O) groups excluding carboxylic acids is 1. The molecule has 0 saturated heterocycles. The number of aryl methyl sites for hydroxylation is 1. The Kier molecular flexibility index (Phi) is 7.27. The van der Waals surface area contributed by atoms with Gasteiger partial charge in [-0.15, -0.1) is 12.4 Å². The van der Waals surface area contributed by atoms with Crippen molar-refractivity contribution in [1.29, 1.82) is 0 Å². The quantitative estimate of drug-likeness (QED) is 0.860. The molecule has 2 heterocycles. The van der Waals surface area contributed by atoms with Gasteiger partial charge in [-0.1, -0.05) is 0 Å². The fourth-order valence-corrected chi connectivity index (χ4v) is 2.90. The fourth-order valence-electron chi connectivity index (χ4n) is 2.90. The van der Waals surface area contributed by atoms with Crippen molar-refractivity contribution in [2.24, 2.45) is 0 Å². The summed E-state index contributed by atoms with van der Waals surface area (Å²) in [5.74, 6) is 1.02. The number of benzene rings is 1. The maximum atomic E-state index is 11.9. The summed E-state index contributed by atoms with van der Waals surface area (Å²) in [6, 6.07) is 7.75. The number of amides is 1. The number of ether oxygens (including phenoxy) is 2. The zero-order valence-electron chi connectivity index (χ0n) is 15.8. The first kappa shape index (κ1) is 20.8. The molecule has 0 aliphatic carbocycles. The van der Waals surface area contributed by atoms with E-state index in [0.29, 0.717) is 18.0 Å². The van der Waals surface area contributed by atoms with Gasteiger partial charge >= 0.3 is 6.09 Å². The number of hydrogen-bond acceptors (Lipinski definition) is 6. The van der Waals surface area contributed by atoms with Crippen LogP contribution in [0.1, 0.15) is 17.5 Å². The van der Waals surface area contributed by atoms with Crippen molar-refractivity contribution in [3.8, 4) is 11.5 Å². The third kappa shape index (κ3) is 5.24. The number of rotatable bonds is 4. The molecule has 2 aromatic rings. The van der Waals surface area contributed by atoms with Gasteiger partial charge < -0.3 is 19.8 Å². The van der Waals surface area contributed by atoms with Crippen LogP contribution in [0.2, 0.25) is 0 Å². The van der Waals surface area contributed by atoms with Crippen LogP contribution in [0.5, 0.6) is 11.5 Å². The highest BCUT2D eigenvalue weighted by Gasteiger charge is 2.20. The van der Waals surface area contributed by atoms with Crippen molar-refractivity contribution >= 4 is 24.2 Å². The van der Waals surface area contributed by atoms with Crippen LogP contribution in [0.4, 0.5) is 10.5 Å². The Morgan fingerprint density at radius 1 is 1.19 bits per heavy atom. The van der Waals surface area contributed by atoms with Gasteiger partial charge in [0.15, 0.2) is 11.5 Å². The van der Waals surface area contributed by atoms with E-state index in [1.807, 2.05) is 24.3 Å². The van der Waals surface area contributed by atoms with Crippen molar-refractivity contribution < 1.29 is 14.3 Å². The van der Waals surface area contributed by atoms with Crippen molar-refractivity contribution in [1.82, 2.24) is 14.9 Å². The molecule has 1 aliphatic heterocycles. The number of aromatic nitrogens is 1. The molecule has 8 heteroatoms. The molecule has 1 aromatic heterocycles. The summed E-state index contributed by atoms with van der Waals surface area (Å²) in [5, 5.41) is 2.16. The molecule has 0 fully saturated rings. The summed E-state index contributed by atoms with van der Waals surface area (Å²) >= 11 is 0. The summed E-state index contributed by atoms with van der Waals surface area (Å²) in [6.07, 6.45) is 5.06. The van der Waals surface area contributed by atoms with E-state index < -0.39 is 6.09 Å². The van der Waals surface area contributed by atoms with E-state index in [-0.39, 0.29) is 12.4 Å². The maximum absolute atomic E-state index is 11.9.